The average molecular weight is 389 g/mol. The number of halogens is 1. The fourth-order valence-electron chi connectivity index (χ4n) is 3.68. The molecule has 1 aliphatic heterocycles. The first-order chi connectivity index (χ1) is 12.6. The number of hydrogen-bond donors (Lipinski definition) is 1. The van der Waals surface area contributed by atoms with Crippen molar-refractivity contribution in [2.45, 2.75) is 32.3 Å². The molecule has 0 bridgehead atoms. The van der Waals surface area contributed by atoms with E-state index < -0.39 is 0 Å². The van der Waals surface area contributed by atoms with Gasteiger partial charge in [-0.3, -0.25) is 4.79 Å². The summed E-state index contributed by atoms with van der Waals surface area (Å²) in [5.74, 6) is 1.61. The van der Waals surface area contributed by atoms with Gasteiger partial charge in [0.05, 0.1) is 12.5 Å². The fourth-order valence-corrected chi connectivity index (χ4v) is 3.68. The molecule has 146 valence electrons. The van der Waals surface area contributed by atoms with Crippen molar-refractivity contribution in [3.63, 3.8) is 0 Å². The zero-order chi connectivity index (χ0) is 18.5. The van der Waals surface area contributed by atoms with Crippen LogP contribution in [0.25, 0.3) is 0 Å². The first-order valence-corrected chi connectivity index (χ1v) is 9.35. The predicted octanol–water partition coefficient (Wildman–Crippen LogP) is 3.64. The van der Waals surface area contributed by atoms with Crippen molar-refractivity contribution in [2.75, 3.05) is 19.6 Å². The second-order valence-electron chi connectivity index (χ2n) is 7.30. The second-order valence-corrected chi connectivity index (χ2v) is 7.30. The average Bonchev–Trinajstić information content (AvgIpc) is 3.07. The maximum absolute atomic E-state index is 12.8. The number of ether oxygens (including phenoxy) is 1. The van der Waals surface area contributed by atoms with E-state index in [1.807, 2.05) is 61.2 Å². The molecule has 0 aromatic heterocycles. The number of carbonyl (C=O) groups is 1. The summed E-state index contributed by atoms with van der Waals surface area (Å²) < 4.78 is 5.73. The van der Waals surface area contributed by atoms with Gasteiger partial charge in [0, 0.05) is 19.0 Å². The Balaban J connectivity index is 0.00000261. The van der Waals surface area contributed by atoms with Crippen molar-refractivity contribution >= 4 is 18.3 Å². The molecule has 1 amide bonds. The van der Waals surface area contributed by atoms with Crippen molar-refractivity contribution in [1.82, 2.24) is 4.90 Å². The highest BCUT2D eigenvalue weighted by atomic mass is 35.5. The maximum atomic E-state index is 12.8. The molecule has 0 unspecified atom stereocenters. The minimum absolute atomic E-state index is 0. The summed E-state index contributed by atoms with van der Waals surface area (Å²) in [5.41, 5.74) is 8.24. The molecule has 1 saturated heterocycles. The zero-order valence-electron chi connectivity index (χ0n) is 16.0. The van der Waals surface area contributed by atoms with E-state index in [1.54, 1.807) is 0 Å². The largest absolute Gasteiger partial charge is 0.491 e. The first-order valence-electron chi connectivity index (χ1n) is 9.35. The zero-order valence-corrected chi connectivity index (χ0v) is 16.8. The van der Waals surface area contributed by atoms with E-state index in [1.165, 1.54) is 5.56 Å². The second kappa shape index (κ2) is 9.77. The van der Waals surface area contributed by atoms with Crippen LogP contribution in [0.3, 0.4) is 0 Å². The summed E-state index contributed by atoms with van der Waals surface area (Å²) in [4.78, 5) is 14.8. The Bertz CT molecular complexity index is 736. The van der Waals surface area contributed by atoms with Gasteiger partial charge in [-0.15, -0.1) is 12.4 Å². The SMILES string of the molecule is CC(C)Oc1cccc(CC(=O)N2C[C@@H](CN)[C@H](c3ccccc3)C2)c1.Cl. The molecular formula is C22H29ClN2O2. The topological polar surface area (TPSA) is 55.6 Å². The summed E-state index contributed by atoms with van der Waals surface area (Å²) in [6.45, 7) is 6.07. The van der Waals surface area contributed by atoms with Gasteiger partial charge in [0.25, 0.3) is 0 Å². The van der Waals surface area contributed by atoms with Gasteiger partial charge in [-0.1, -0.05) is 42.5 Å². The number of benzene rings is 2. The summed E-state index contributed by atoms with van der Waals surface area (Å²) >= 11 is 0. The van der Waals surface area contributed by atoms with E-state index in [-0.39, 0.29) is 24.4 Å². The number of rotatable bonds is 6. The molecule has 2 aromatic rings. The van der Waals surface area contributed by atoms with Crippen LogP contribution in [0.2, 0.25) is 0 Å². The van der Waals surface area contributed by atoms with Crippen LogP contribution < -0.4 is 10.5 Å². The lowest BCUT2D eigenvalue weighted by molar-refractivity contribution is -0.129. The highest BCUT2D eigenvalue weighted by Crippen LogP contribution is 2.32. The highest BCUT2D eigenvalue weighted by molar-refractivity contribution is 5.85. The minimum atomic E-state index is 0. The third-order valence-electron chi connectivity index (χ3n) is 4.95. The van der Waals surface area contributed by atoms with Crippen LogP contribution in [0.5, 0.6) is 5.75 Å². The lowest BCUT2D eigenvalue weighted by atomic mass is 9.89. The third kappa shape index (κ3) is 5.47. The number of hydrogen-bond acceptors (Lipinski definition) is 3. The molecule has 4 nitrogen and oxygen atoms in total. The van der Waals surface area contributed by atoms with Crippen molar-refractivity contribution in [2.24, 2.45) is 11.7 Å². The van der Waals surface area contributed by atoms with E-state index in [2.05, 4.69) is 12.1 Å². The summed E-state index contributed by atoms with van der Waals surface area (Å²) in [5, 5.41) is 0. The normalized spacial score (nSPS) is 19.0. The van der Waals surface area contributed by atoms with Gasteiger partial charge in [0.15, 0.2) is 0 Å². The fraction of sp³-hybridized carbons (Fsp3) is 0.409. The molecule has 0 spiro atoms. The Hall–Kier alpha value is -2.04. The Kier molecular flexibility index (Phi) is 7.69. The summed E-state index contributed by atoms with van der Waals surface area (Å²) in [7, 11) is 0. The minimum Gasteiger partial charge on any atom is -0.491 e. The number of carbonyl (C=O) groups excluding carboxylic acids is 1. The van der Waals surface area contributed by atoms with Crippen LogP contribution in [0.15, 0.2) is 54.6 Å². The smallest absolute Gasteiger partial charge is 0.227 e. The van der Waals surface area contributed by atoms with Crippen LogP contribution in [-0.4, -0.2) is 36.5 Å². The first kappa shape index (κ1) is 21.3. The van der Waals surface area contributed by atoms with Gasteiger partial charge in [-0.05, 0) is 49.6 Å². The molecule has 2 atom stereocenters. The van der Waals surface area contributed by atoms with E-state index in [4.69, 9.17) is 10.5 Å². The number of likely N-dealkylation sites (tertiary alicyclic amines) is 1. The van der Waals surface area contributed by atoms with Gasteiger partial charge in [-0.25, -0.2) is 0 Å². The third-order valence-corrected chi connectivity index (χ3v) is 4.95. The molecule has 1 fully saturated rings. The maximum Gasteiger partial charge on any atom is 0.227 e. The monoisotopic (exact) mass is 388 g/mol. The van der Waals surface area contributed by atoms with Crippen LogP contribution in [0.1, 0.15) is 30.9 Å². The van der Waals surface area contributed by atoms with Gasteiger partial charge in [0.1, 0.15) is 5.75 Å². The van der Waals surface area contributed by atoms with Gasteiger partial charge in [-0.2, -0.15) is 0 Å². The molecule has 0 radical (unpaired) electrons. The van der Waals surface area contributed by atoms with Crippen molar-refractivity contribution in [1.29, 1.82) is 0 Å². The Labute approximate surface area is 168 Å². The lowest BCUT2D eigenvalue weighted by Gasteiger charge is -2.17. The van der Waals surface area contributed by atoms with Gasteiger partial charge in [0.2, 0.25) is 5.91 Å². The van der Waals surface area contributed by atoms with Gasteiger partial charge < -0.3 is 15.4 Å². The Morgan fingerprint density at radius 2 is 1.89 bits per heavy atom. The van der Waals surface area contributed by atoms with E-state index in [9.17, 15) is 4.79 Å². The predicted molar refractivity (Wildman–Crippen MR) is 111 cm³/mol. The van der Waals surface area contributed by atoms with Crippen LogP contribution in [0, 0.1) is 5.92 Å². The molecule has 5 heteroatoms. The van der Waals surface area contributed by atoms with Crippen molar-refractivity contribution in [3.8, 4) is 5.75 Å². The van der Waals surface area contributed by atoms with Crippen LogP contribution in [-0.2, 0) is 11.2 Å². The van der Waals surface area contributed by atoms with Crippen molar-refractivity contribution in [3.05, 3.63) is 65.7 Å². The van der Waals surface area contributed by atoms with Crippen LogP contribution >= 0.6 is 12.4 Å². The standard InChI is InChI=1S/C22H28N2O2.ClH/c1-16(2)26-20-10-6-7-17(11-20)12-22(25)24-14-19(13-23)21(15-24)18-8-4-3-5-9-18;/h3-11,16,19,21H,12-15,23H2,1-2H3;1H/t19-,21+;/m1./s1. The van der Waals surface area contributed by atoms with Gasteiger partial charge >= 0.3 is 0 Å². The number of amides is 1. The number of nitrogens with two attached hydrogens (primary N) is 1. The molecular weight excluding hydrogens is 360 g/mol. The molecule has 1 heterocycles. The molecule has 1 aliphatic rings. The lowest BCUT2D eigenvalue weighted by Crippen LogP contribution is -2.31. The van der Waals surface area contributed by atoms with E-state index in [0.717, 1.165) is 24.4 Å². The quantitative estimate of drug-likeness (QED) is 0.821. The molecule has 0 aliphatic carbocycles. The Morgan fingerprint density at radius 3 is 2.56 bits per heavy atom. The molecule has 0 saturated carbocycles. The summed E-state index contributed by atoms with van der Waals surface area (Å²) in [6.07, 6.45) is 0.519. The highest BCUT2D eigenvalue weighted by Gasteiger charge is 2.35. The van der Waals surface area contributed by atoms with Crippen LogP contribution in [0.4, 0.5) is 0 Å². The molecule has 3 rings (SSSR count). The molecule has 2 aromatic carbocycles. The number of nitrogens with zero attached hydrogens (tertiary/aromatic N) is 1. The summed E-state index contributed by atoms with van der Waals surface area (Å²) in [6, 6.07) is 18.2. The molecule has 2 N–H and O–H groups in total. The van der Waals surface area contributed by atoms with E-state index in [0.29, 0.717) is 24.8 Å². The Morgan fingerprint density at radius 1 is 1.15 bits per heavy atom. The van der Waals surface area contributed by atoms with E-state index >= 15 is 0 Å². The molecule has 27 heavy (non-hydrogen) atoms. The van der Waals surface area contributed by atoms with Crippen molar-refractivity contribution < 1.29 is 9.53 Å².